The molecule has 0 radical (unpaired) electrons. The molecular formula is C19H20N4OS3. The number of hydrogen-bond acceptors (Lipinski definition) is 5. The van der Waals surface area contributed by atoms with Crippen molar-refractivity contribution in [2.45, 2.75) is 26.2 Å². The van der Waals surface area contributed by atoms with Crippen LogP contribution >= 0.6 is 34.9 Å². The number of anilines is 1. The van der Waals surface area contributed by atoms with Crippen LogP contribution in [0.3, 0.4) is 0 Å². The molecule has 0 unspecified atom stereocenters. The molecular weight excluding hydrogens is 396 g/mol. The molecule has 0 bridgehead atoms. The van der Waals surface area contributed by atoms with Gasteiger partial charge >= 0.3 is 0 Å². The Bertz CT molecular complexity index is 888. The van der Waals surface area contributed by atoms with Crippen molar-refractivity contribution in [3.8, 4) is 10.6 Å². The van der Waals surface area contributed by atoms with Crippen molar-refractivity contribution < 1.29 is 4.79 Å². The third kappa shape index (κ3) is 5.59. The minimum absolute atomic E-state index is 0.318. The summed E-state index contributed by atoms with van der Waals surface area (Å²) in [6.07, 6.45) is 3.45. The van der Waals surface area contributed by atoms with E-state index < -0.39 is 0 Å². The fourth-order valence-corrected chi connectivity index (χ4v) is 4.05. The number of thiophene rings is 1. The molecule has 0 spiro atoms. The zero-order valence-corrected chi connectivity index (χ0v) is 17.3. The van der Waals surface area contributed by atoms with Gasteiger partial charge in [-0.1, -0.05) is 25.5 Å². The van der Waals surface area contributed by atoms with Gasteiger partial charge in [-0.3, -0.25) is 15.6 Å². The summed E-state index contributed by atoms with van der Waals surface area (Å²) < 4.78 is 0. The third-order valence-corrected chi connectivity index (χ3v) is 5.60. The standard InChI is InChI=1S/C19H20N4OS3/c1-2-3-4-13-5-7-15(8-6-13)20-19(25)23-22-17(24)16-12-27-18(21-16)14-9-10-26-11-14/h5-12H,2-4H2,1H3,(H,22,24)(H2,20,23,25). The van der Waals surface area contributed by atoms with Crippen LogP contribution in [-0.4, -0.2) is 16.0 Å². The molecule has 140 valence electrons. The van der Waals surface area contributed by atoms with Crippen LogP contribution in [0.4, 0.5) is 5.69 Å². The fourth-order valence-electron chi connectivity index (χ4n) is 2.37. The molecule has 0 saturated carbocycles. The largest absolute Gasteiger partial charge is 0.331 e. The van der Waals surface area contributed by atoms with E-state index in [-0.39, 0.29) is 5.91 Å². The molecule has 27 heavy (non-hydrogen) atoms. The lowest BCUT2D eigenvalue weighted by Gasteiger charge is -2.11. The van der Waals surface area contributed by atoms with Crippen molar-refractivity contribution in [2.75, 3.05) is 5.32 Å². The molecule has 2 heterocycles. The number of amides is 1. The highest BCUT2D eigenvalue weighted by atomic mass is 32.1. The molecule has 3 N–H and O–H groups in total. The second-order valence-electron chi connectivity index (χ2n) is 5.88. The van der Waals surface area contributed by atoms with Crippen LogP contribution in [0.25, 0.3) is 10.6 Å². The molecule has 1 aromatic carbocycles. The van der Waals surface area contributed by atoms with Crippen molar-refractivity contribution in [1.29, 1.82) is 0 Å². The van der Waals surface area contributed by atoms with Gasteiger partial charge in [-0.15, -0.1) is 11.3 Å². The maximum absolute atomic E-state index is 12.2. The second-order valence-corrected chi connectivity index (χ2v) is 7.93. The van der Waals surface area contributed by atoms with E-state index >= 15 is 0 Å². The Morgan fingerprint density at radius 3 is 2.67 bits per heavy atom. The molecule has 8 heteroatoms. The predicted octanol–water partition coefficient (Wildman–Crippen LogP) is 4.85. The summed E-state index contributed by atoms with van der Waals surface area (Å²) in [6.45, 7) is 2.18. The van der Waals surface area contributed by atoms with E-state index in [1.54, 1.807) is 16.7 Å². The number of aromatic nitrogens is 1. The molecule has 3 aromatic rings. The van der Waals surface area contributed by atoms with Crippen LogP contribution in [0, 0.1) is 0 Å². The summed E-state index contributed by atoms with van der Waals surface area (Å²) in [6, 6.07) is 10.1. The van der Waals surface area contributed by atoms with Crippen LogP contribution in [-0.2, 0) is 6.42 Å². The zero-order valence-electron chi connectivity index (χ0n) is 14.8. The maximum Gasteiger partial charge on any atom is 0.289 e. The molecule has 0 aliphatic carbocycles. The van der Waals surface area contributed by atoms with Gasteiger partial charge in [-0.25, -0.2) is 4.98 Å². The summed E-state index contributed by atoms with van der Waals surface area (Å²) in [7, 11) is 0. The molecule has 0 atom stereocenters. The highest BCUT2D eigenvalue weighted by Gasteiger charge is 2.12. The molecule has 3 rings (SSSR count). The number of benzene rings is 1. The van der Waals surface area contributed by atoms with Gasteiger partial charge in [0.05, 0.1) is 0 Å². The van der Waals surface area contributed by atoms with Crippen LogP contribution < -0.4 is 16.2 Å². The number of thiazole rings is 1. The van der Waals surface area contributed by atoms with E-state index in [0.717, 1.165) is 22.7 Å². The first-order valence-corrected chi connectivity index (χ1v) is 10.8. The summed E-state index contributed by atoms with van der Waals surface area (Å²) in [5, 5.41) is 9.91. The Labute approximate surface area is 171 Å². The van der Waals surface area contributed by atoms with Crippen molar-refractivity contribution >= 4 is 51.6 Å². The molecule has 0 saturated heterocycles. The molecule has 2 aromatic heterocycles. The van der Waals surface area contributed by atoms with E-state index in [0.29, 0.717) is 10.8 Å². The number of nitrogens with zero attached hydrogens (tertiary/aromatic N) is 1. The average molecular weight is 417 g/mol. The first-order chi connectivity index (χ1) is 13.2. The van der Waals surface area contributed by atoms with Crippen LogP contribution in [0.15, 0.2) is 46.5 Å². The quantitative estimate of drug-likeness (QED) is 0.396. The Kier molecular flexibility index (Phi) is 6.92. The van der Waals surface area contributed by atoms with Gasteiger partial charge in [0, 0.05) is 22.0 Å². The van der Waals surface area contributed by atoms with E-state index in [9.17, 15) is 4.79 Å². The van der Waals surface area contributed by atoms with Gasteiger partial charge in [-0.05, 0) is 54.2 Å². The zero-order chi connectivity index (χ0) is 19.1. The predicted molar refractivity (Wildman–Crippen MR) is 117 cm³/mol. The first-order valence-electron chi connectivity index (χ1n) is 8.60. The topological polar surface area (TPSA) is 66.0 Å². The minimum Gasteiger partial charge on any atom is -0.331 e. The third-order valence-electron chi connectivity index (χ3n) is 3.83. The van der Waals surface area contributed by atoms with E-state index in [1.165, 1.54) is 29.7 Å². The highest BCUT2D eigenvalue weighted by Crippen LogP contribution is 2.25. The van der Waals surface area contributed by atoms with Crippen LogP contribution in [0.5, 0.6) is 0 Å². The van der Waals surface area contributed by atoms with E-state index in [2.05, 4.69) is 40.2 Å². The minimum atomic E-state index is -0.327. The smallest absolute Gasteiger partial charge is 0.289 e. The van der Waals surface area contributed by atoms with E-state index in [4.69, 9.17) is 12.2 Å². The van der Waals surface area contributed by atoms with Gasteiger partial charge in [0.25, 0.3) is 5.91 Å². The van der Waals surface area contributed by atoms with Gasteiger partial charge in [0.15, 0.2) is 5.11 Å². The molecule has 0 aliphatic heterocycles. The SMILES string of the molecule is CCCCc1ccc(NC(=S)NNC(=O)c2csc(-c3ccsc3)n2)cc1. The Morgan fingerprint density at radius 2 is 1.96 bits per heavy atom. The lowest BCUT2D eigenvalue weighted by atomic mass is 10.1. The summed E-state index contributed by atoms with van der Waals surface area (Å²) in [5.74, 6) is -0.327. The summed E-state index contributed by atoms with van der Waals surface area (Å²) >= 11 is 8.26. The Morgan fingerprint density at radius 1 is 1.15 bits per heavy atom. The summed E-state index contributed by atoms with van der Waals surface area (Å²) in [5.41, 5.74) is 8.84. The molecule has 1 amide bonds. The van der Waals surface area contributed by atoms with Crippen LogP contribution in [0.2, 0.25) is 0 Å². The van der Waals surface area contributed by atoms with Crippen molar-refractivity contribution in [2.24, 2.45) is 0 Å². The first kappa shape index (κ1) is 19.5. The van der Waals surface area contributed by atoms with Crippen molar-refractivity contribution in [3.63, 3.8) is 0 Å². The molecule has 0 fully saturated rings. The van der Waals surface area contributed by atoms with Crippen molar-refractivity contribution in [3.05, 3.63) is 57.7 Å². The van der Waals surface area contributed by atoms with Crippen molar-refractivity contribution in [1.82, 2.24) is 15.8 Å². The number of rotatable bonds is 6. The second kappa shape index (κ2) is 9.59. The van der Waals surface area contributed by atoms with Gasteiger partial charge in [0.1, 0.15) is 10.7 Å². The number of unbranched alkanes of at least 4 members (excludes halogenated alkanes) is 1. The Balaban J connectivity index is 1.48. The number of carbonyl (C=O) groups excluding carboxylic acids is 1. The number of thiocarbonyl (C=S) groups is 1. The van der Waals surface area contributed by atoms with E-state index in [1.807, 2.05) is 29.0 Å². The summed E-state index contributed by atoms with van der Waals surface area (Å²) in [4.78, 5) is 16.6. The number of hydrogen-bond donors (Lipinski definition) is 3. The number of nitrogens with one attached hydrogen (secondary N) is 3. The molecule has 0 aliphatic rings. The normalized spacial score (nSPS) is 10.4. The number of aryl methyl sites for hydroxylation is 1. The van der Waals surface area contributed by atoms with Crippen LogP contribution in [0.1, 0.15) is 35.8 Å². The molecule has 5 nitrogen and oxygen atoms in total. The van der Waals surface area contributed by atoms with Gasteiger partial charge in [0.2, 0.25) is 0 Å². The monoisotopic (exact) mass is 416 g/mol. The lowest BCUT2D eigenvalue weighted by Crippen LogP contribution is -2.43. The van der Waals surface area contributed by atoms with Gasteiger partial charge in [-0.2, -0.15) is 11.3 Å². The maximum atomic E-state index is 12.2. The number of carbonyl (C=O) groups is 1. The lowest BCUT2D eigenvalue weighted by molar-refractivity contribution is 0.0940. The fraction of sp³-hybridized carbons (Fsp3) is 0.211. The van der Waals surface area contributed by atoms with Gasteiger partial charge < -0.3 is 5.32 Å². The average Bonchev–Trinajstić information content (AvgIpc) is 3.37. The number of hydrazine groups is 1. The highest BCUT2D eigenvalue weighted by molar-refractivity contribution is 7.80. The Hall–Kier alpha value is -2.29.